The Kier molecular flexibility index (Phi) is 14.6. The monoisotopic (exact) mass is 915 g/mol. The van der Waals surface area contributed by atoms with Crippen molar-refractivity contribution in [1.82, 2.24) is 50.1 Å². The average Bonchev–Trinajstić information content (AvgIpc) is 3.86. The zero-order chi connectivity index (χ0) is 47.6. The molecule has 8 aromatic rings. The predicted molar refractivity (Wildman–Crippen MR) is 266 cm³/mol. The van der Waals surface area contributed by atoms with Crippen LogP contribution in [0.1, 0.15) is 46.5 Å². The summed E-state index contributed by atoms with van der Waals surface area (Å²) in [5.41, 5.74) is 19.6. The lowest BCUT2D eigenvalue weighted by molar-refractivity contribution is -0.129. The number of nitrogens with one attached hydrogen (secondary N) is 3. The van der Waals surface area contributed by atoms with Crippen molar-refractivity contribution in [3.8, 4) is 22.4 Å². The highest BCUT2D eigenvalue weighted by Gasteiger charge is 2.21. The Balaban J connectivity index is 0.000000139. The first kappa shape index (κ1) is 46.4. The van der Waals surface area contributed by atoms with E-state index in [1.54, 1.807) is 13.0 Å². The van der Waals surface area contributed by atoms with E-state index < -0.39 is 0 Å². The quantitative estimate of drug-likeness (QED) is 0.0969. The number of nitrogens with two attached hydrogens (primary N) is 2. The van der Waals surface area contributed by atoms with Crippen molar-refractivity contribution in [1.29, 1.82) is 0 Å². The summed E-state index contributed by atoms with van der Waals surface area (Å²) in [7, 11) is 0. The second kappa shape index (κ2) is 21.4. The Morgan fingerprint density at radius 1 is 0.706 bits per heavy atom. The number of halogens is 1. The number of rotatable bonds is 8. The van der Waals surface area contributed by atoms with Crippen molar-refractivity contribution in [2.75, 3.05) is 59.7 Å². The van der Waals surface area contributed by atoms with Gasteiger partial charge >= 0.3 is 6.03 Å². The molecule has 2 fully saturated rings. The molecule has 3 aromatic carbocycles. The van der Waals surface area contributed by atoms with Crippen LogP contribution in [-0.4, -0.2) is 95.5 Å². The highest BCUT2D eigenvalue weighted by molar-refractivity contribution is 5.93. The molecule has 1 aliphatic heterocycles. The fraction of sp³-hybridized carbons (Fsp3) is 0.280. The van der Waals surface area contributed by atoms with E-state index in [1.807, 2.05) is 77.7 Å². The van der Waals surface area contributed by atoms with Crippen molar-refractivity contribution in [2.45, 2.75) is 52.5 Å². The van der Waals surface area contributed by atoms with Crippen LogP contribution in [-0.2, 0) is 4.79 Å². The Hall–Kier alpha value is -8.15. The van der Waals surface area contributed by atoms with Gasteiger partial charge in [0.25, 0.3) is 0 Å². The van der Waals surface area contributed by atoms with Gasteiger partial charge in [-0.25, -0.2) is 49.1 Å². The van der Waals surface area contributed by atoms with Gasteiger partial charge in [0, 0.05) is 62.3 Å². The summed E-state index contributed by atoms with van der Waals surface area (Å²) >= 11 is 0. The Labute approximate surface area is 393 Å². The van der Waals surface area contributed by atoms with Gasteiger partial charge in [-0.05, 0) is 90.6 Å². The second-order valence-electron chi connectivity index (χ2n) is 17.0. The van der Waals surface area contributed by atoms with Gasteiger partial charge in [-0.3, -0.25) is 4.79 Å². The van der Waals surface area contributed by atoms with Crippen LogP contribution in [0, 0.1) is 11.7 Å². The molecular formula is C50H54FN15O2. The molecule has 68 heavy (non-hydrogen) atoms. The third-order valence-electron chi connectivity index (χ3n) is 11.6. The molecular weight excluding hydrogens is 862 g/mol. The molecule has 0 unspecified atom stereocenters. The summed E-state index contributed by atoms with van der Waals surface area (Å²) < 4.78 is 13.4. The van der Waals surface area contributed by atoms with Gasteiger partial charge < -0.3 is 37.2 Å². The summed E-state index contributed by atoms with van der Waals surface area (Å²) in [5.74, 6) is 2.74. The molecule has 1 saturated carbocycles. The molecule has 7 N–H and O–H groups in total. The molecule has 0 spiro atoms. The third-order valence-corrected chi connectivity index (χ3v) is 11.6. The van der Waals surface area contributed by atoms with Gasteiger partial charge in [-0.1, -0.05) is 57.0 Å². The van der Waals surface area contributed by atoms with Crippen LogP contribution in [0.2, 0.25) is 0 Å². The SMILES string of the molecule is CC(=O)N1CCN(c2ccc3ncnc(N)c3n2)CC1.CC(C)CNc1ncnc2ccc(-c3cccc(F)c3)nc12.Nc1ncnc2ccc(-c3cccc(NC(=O)NC4CCCC4)c3)cc12. The number of nitrogens with zero attached hydrogens (tertiary/aromatic N) is 10. The molecule has 0 bridgehead atoms. The summed E-state index contributed by atoms with van der Waals surface area (Å²) in [6.07, 6.45) is 8.93. The van der Waals surface area contributed by atoms with Gasteiger partial charge in [0.15, 0.2) is 11.6 Å². The molecule has 2 aliphatic rings. The van der Waals surface area contributed by atoms with Crippen LogP contribution in [0.5, 0.6) is 0 Å². The lowest BCUT2D eigenvalue weighted by Crippen LogP contribution is -2.48. The fourth-order valence-electron chi connectivity index (χ4n) is 8.01. The standard InChI is InChI=1S/C20H21N5O.C17H17FN4.C13H16N6O/c21-19-17-11-14(8-9-18(17)22-12-23-19)13-4-3-7-16(10-13)25-20(26)24-15-5-1-2-6-15;1-11(2)9-19-17-16-15(20-10-21-17)7-6-14(22-16)12-4-3-5-13(18)8-12;1-9(20)18-4-6-19(7-5-18)11-3-2-10-12(17-11)13(14)16-8-15-10/h3-4,7-12,15H,1-2,5-6H2,(H2,21,22,23)(H2,24,25,26);3-8,10-11H,9H2,1-2H3,(H,19,20,21);2-3,8H,4-7H2,1H3,(H2,14,15,16). The molecule has 3 amide bonds. The van der Waals surface area contributed by atoms with Gasteiger partial charge in [-0.15, -0.1) is 0 Å². The molecule has 6 heterocycles. The minimum absolute atomic E-state index is 0.119. The summed E-state index contributed by atoms with van der Waals surface area (Å²) in [6.45, 7) is 9.63. The van der Waals surface area contributed by atoms with Crippen LogP contribution >= 0.6 is 0 Å². The first-order chi connectivity index (χ1) is 33.0. The number of pyridine rings is 2. The van der Waals surface area contributed by atoms with Gasteiger partial charge in [0.05, 0.1) is 22.2 Å². The summed E-state index contributed by atoms with van der Waals surface area (Å²) in [4.78, 5) is 61.5. The molecule has 5 aromatic heterocycles. The van der Waals surface area contributed by atoms with Crippen LogP contribution < -0.4 is 32.3 Å². The Bertz CT molecular complexity index is 3050. The van der Waals surface area contributed by atoms with E-state index in [-0.39, 0.29) is 17.8 Å². The maximum Gasteiger partial charge on any atom is 0.319 e. The number of hydrogen-bond acceptors (Lipinski definition) is 14. The first-order valence-electron chi connectivity index (χ1n) is 22.6. The van der Waals surface area contributed by atoms with E-state index in [9.17, 15) is 14.0 Å². The van der Waals surface area contributed by atoms with Crippen LogP contribution in [0.3, 0.4) is 0 Å². The van der Waals surface area contributed by atoms with E-state index in [4.69, 9.17) is 11.5 Å². The van der Waals surface area contributed by atoms with Crippen molar-refractivity contribution >= 4 is 73.9 Å². The van der Waals surface area contributed by atoms with Crippen molar-refractivity contribution in [3.05, 3.63) is 116 Å². The number of aromatic nitrogens is 8. The number of benzene rings is 3. The lowest BCUT2D eigenvalue weighted by atomic mass is 10.0. The minimum atomic E-state index is -0.276. The number of piperazine rings is 1. The number of nitrogen functional groups attached to an aromatic ring is 2. The smallest absolute Gasteiger partial charge is 0.319 e. The molecule has 0 atom stereocenters. The molecule has 348 valence electrons. The van der Waals surface area contributed by atoms with E-state index in [2.05, 4.69) is 74.6 Å². The maximum atomic E-state index is 13.4. The zero-order valence-corrected chi connectivity index (χ0v) is 38.2. The third kappa shape index (κ3) is 11.6. The molecule has 17 nitrogen and oxygen atoms in total. The summed E-state index contributed by atoms with van der Waals surface area (Å²) in [5, 5.41) is 10.1. The number of hydrogen-bond donors (Lipinski definition) is 5. The normalized spacial score (nSPS) is 13.7. The van der Waals surface area contributed by atoms with E-state index in [1.165, 1.54) is 44.0 Å². The topological polar surface area (TPSA) is 232 Å². The molecule has 10 rings (SSSR count). The Morgan fingerprint density at radius 2 is 1.37 bits per heavy atom. The zero-order valence-electron chi connectivity index (χ0n) is 38.2. The number of amides is 3. The Morgan fingerprint density at radius 3 is 2.12 bits per heavy atom. The van der Waals surface area contributed by atoms with E-state index in [0.29, 0.717) is 46.1 Å². The van der Waals surface area contributed by atoms with Crippen molar-refractivity contribution < 1.29 is 14.0 Å². The average molecular weight is 916 g/mol. The number of anilines is 5. The van der Waals surface area contributed by atoms with Gasteiger partial charge in [-0.2, -0.15) is 0 Å². The highest BCUT2D eigenvalue weighted by Crippen LogP contribution is 2.29. The van der Waals surface area contributed by atoms with Gasteiger partial charge in [0.2, 0.25) is 5.91 Å². The molecule has 1 saturated heterocycles. The van der Waals surface area contributed by atoms with Crippen molar-refractivity contribution in [3.63, 3.8) is 0 Å². The molecule has 0 radical (unpaired) electrons. The van der Waals surface area contributed by atoms with Gasteiger partial charge in [0.1, 0.15) is 47.5 Å². The summed E-state index contributed by atoms with van der Waals surface area (Å²) in [6, 6.07) is 27.8. The van der Waals surface area contributed by atoms with Crippen LogP contribution in [0.4, 0.5) is 38.1 Å². The number of carbonyl (C=O) groups is 2. The minimum Gasteiger partial charge on any atom is -0.383 e. The highest BCUT2D eigenvalue weighted by atomic mass is 19.1. The number of urea groups is 1. The van der Waals surface area contributed by atoms with Crippen LogP contribution in [0.25, 0.3) is 55.4 Å². The first-order valence-corrected chi connectivity index (χ1v) is 22.6. The number of carbonyl (C=O) groups excluding carboxylic acids is 2. The van der Waals surface area contributed by atoms with Crippen LogP contribution in [0.15, 0.2) is 110 Å². The molecule has 18 heteroatoms. The number of fused-ring (bicyclic) bond motifs is 3. The largest absolute Gasteiger partial charge is 0.383 e. The van der Waals surface area contributed by atoms with Crippen molar-refractivity contribution in [2.24, 2.45) is 5.92 Å². The fourth-order valence-corrected chi connectivity index (χ4v) is 8.01. The van der Waals surface area contributed by atoms with E-state index >= 15 is 0 Å². The van der Waals surface area contributed by atoms with E-state index in [0.717, 1.165) is 95.7 Å². The lowest BCUT2D eigenvalue weighted by Gasteiger charge is -2.34. The molecule has 1 aliphatic carbocycles. The second-order valence-corrected chi connectivity index (χ2v) is 17.0. The predicted octanol–water partition coefficient (Wildman–Crippen LogP) is 8.12. The maximum absolute atomic E-state index is 13.4.